The molecular formula is C17H17FN2O2. The monoisotopic (exact) mass is 300 g/mol. The van der Waals surface area contributed by atoms with Crippen molar-refractivity contribution in [3.05, 3.63) is 58.9 Å². The van der Waals surface area contributed by atoms with E-state index in [0.29, 0.717) is 24.3 Å². The molecule has 2 heterocycles. The van der Waals surface area contributed by atoms with Gasteiger partial charge in [0, 0.05) is 23.6 Å². The van der Waals surface area contributed by atoms with Crippen molar-refractivity contribution in [2.24, 2.45) is 0 Å². The van der Waals surface area contributed by atoms with Crippen molar-refractivity contribution in [2.75, 3.05) is 6.54 Å². The first-order chi connectivity index (χ1) is 10.5. The lowest BCUT2D eigenvalue weighted by Gasteiger charge is -2.04. The number of amides is 1. The number of carbonyl (C=O) groups is 1. The van der Waals surface area contributed by atoms with Gasteiger partial charge in [-0.15, -0.1) is 0 Å². The van der Waals surface area contributed by atoms with E-state index in [9.17, 15) is 9.18 Å². The number of rotatable bonds is 4. The number of hydrogen-bond acceptors (Lipinski definition) is 2. The SMILES string of the molecule is Cc1cc(C(=O)NCCc2c[nH]c3ccc(F)cc23)c(C)o1. The van der Waals surface area contributed by atoms with Gasteiger partial charge in [-0.25, -0.2) is 4.39 Å². The molecule has 0 radical (unpaired) electrons. The number of aromatic nitrogens is 1. The smallest absolute Gasteiger partial charge is 0.254 e. The molecule has 0 saturated heterocycles. The predicted molar refractivity (Wildman–Crippen MR) is 82.5 cm³/mol. The van der Waals surface area contributed by atoms with Crippen LogP contribution >= 0.6 is 0 Å². The summed E-state index contributed by atoms with van der Waals surface area (Å²) in [6, 6.07) is 6.37. The number of carbonyl (C=O) groups excluding carboxylic acids is 1. The van der Waals surface area contributed by atoms with Crippen molar-refractivity contribution in [2.45, 2.75) is 20.3 Å². The Balaban J connectivity index is 1.66. The quantitative estimate of drug-likeness (QED) is 0.775. The van der Waals surface area contributed by atoms with Gasteiger partial charge in [-0.3, -0.25) is 4.79 Å². The molecule has 0 spiro atoms. The van der Waals surface area contributed by atoms with Gasteiger partial charge >= 0.3 is 0 Å². The number of furan rings is 1. The molecule has 5 heteroatoms. The van der Waals surface area contributed by atoms with Crippen LogP contribution < -0.4 is 5.32 Å². The molecule has 0 atom stereocenters. The van der Waals surface area contributed by atoms with Gasteiger partial charge in [-0.05, 0) is 50.1 Å². The van der Waals surface area contributed by atoms with E-state index in [1.165, 1.54) is 12.1 Å². The molecule has 3 rings (SSSR count). The summed E-state index contributed by atoms with van der Waals surface area (Å²) in [7, 11) is 0. The Hall–Kier alpha value is -2.56. The van der Waals surface area contributed by atoms with Crippen LogP contribution in [-0.4, -0.2) is 17.4 Å². The van der Waals surface area contributed by atoms with Crippen LogP contribution in [0.5, 0.6) is 0 Å². The number of benzene rings is 1. The normalized spacial score (nSPS) is 11.0. The Labute approximate surface area is 127 Å². The van der Waals surface area contributed by atoms with Gasteiger partial charge in [-0.1, -0.05) is 0 Å². The summed E-state index contributed by atoms with van der Waals surface area (Å²) in [5.74, 6) is 0.918. The zero-order valence-corrected chi connectivity index (χ0v) is 12.5. The first kappa shape index (κ1) is 14.4. The van der Waals surface area contributed by atoms with E-state index < -0.39 is 0 Å². The molecule has 2 N–H and O–H groups in total. The fraction of sp³-hybridized carbons (Fsp3) is 0.235. The van der Waals surface area contributed by atoms with Crippen LogP contribution in [-0.2, 0) is 6.42 Å². The van der Waals surface area contributed by atoms with E-state index in [-0.39, 0.29) is 11.7 Å². The van der Waals surface area contributed by atoms with Gasteiger partial charge in [0.25, 0.3) is 5.91 Å². The van der Waals surface area contributed by atoms with Crippen LogP contribution in [0.25, 0.3) is 10.9 Å². The molecule has 4 nitrogen and oxygen atoms in total. The average molecular weight is 300 g/mol. The first-order valence-corrected chi connectivity index (χ1v) is 7.15. The van der Waals surface area contributed by atoms with E-state index in [0.717, 1.165) is 22.2 Å². The summed E-state index contributed by atoms with van der Waals surface area (Å²) in [5.41, 5.74) is 2.43. The highest BCUT2D eigenvalue weighted by molar-refractivity contribution is 5.95. The molecule has 0 aliphatic heterocycles. The van der Waals surface area contributed by atoms with Crippen molar-refractivity contribution in [1.29, 1.82) is 0 Å². The van der Waals surface area contributed by atoms with E-state index in [2.05, 4.69) is 10.3 Å². The summed E-state index contributed by atoms with van der Waals surface area (Å²) in [6.45, 7) is 4.06. The topological polar surface area (TPSA) is 58.0 Å². The number of halogens is 1. The molecule has 0 aliphatic rings. The van der Waals surface area contributed by atoms with Crippen molar-refractivity contribution in [3.8, 4) is 0 Å². The van der Waals surface area contributed by atoms with Gasteiger partial charge in [0.2, 0.25) is 0 Å². The zero-order chi connectivity index (χ0) is 15.7. The molecule has 114 valence electrons. The van der Waals surface area contributed by atoms with Gasteiger partial charge in [0.05, 0.1) is 5.56 Å². The number of aromatic amines is 1. The van der Waals surface area contributed by atoms with E-state index in [4.69, 9.17) is 4.42 Å². The third-order valence-electron chi connectivity index (χ3n) is 3.69. The fourth-order valence-corrected chi connectivity index (χ4v) is 2.62. The van der Waals surface area contributed by atoms with Crippen LogP contribution in [0.15, 0.2) is 34.9 Å². The molecule has 0 aliphatic carbocycles. The Morgan fingerprint density at radius 2 is 2.14 bits per heavy atom. The highest BCUT2D eigenvalue weighted by atomic mass is 19.1. The van der Waals surface area contributed by atoms with Gasteiger partial charge in [-0.2, -0.15) is 0 Å². The summed E-state index contributed by atoms with van der Waals surface area (Å²) in [4.78, 5) is 15.2. The Kier molecular flexibility index (Phi) is 3.71. The molecular weight excluding hydrogens is 283 g/mol. The molecule has 0 bridgehead atoms. The van der Waals surface area contributed by atoms with Crippen LogP contribution in [0.1, 0.15) is 27.4 Å². The van der Waals surface area contributed by atoms with Crippen molar-refractivity contribution >= 4 is 16.8 Å². The molecule has 0 unspecified atom stereocenters. The maximum atomic E-state index is 13.3. The summed E-state index contributed by atoms with van der Waals surface area (Å²) in [5, 5.41) is 3.72. The zero-order valence-electron chi connectivity index (χ0n) is 12.5. The van der Waals surface area contributed by atoms with Crippen LogP contribution in [0.4, 0.5) is 4.39 Å². The second kappa shape index (κ2) is 5.67. The number of H-pyrrole nitrogens is 1. The Morgan fingerprint density at radius 1 is 1.32 bits per heavy atom. The van der Waals surface area contributed by atoms with Gasteiger partial charge < -0.3 is 14.7 Å². The third kappa shape index (κ3) is 2.74. The third-order valence-corrected chi connectivity index (χ3v) is 3.69. The lowest BCUT2D eigenvalue weighted by molar-refractivity contribution is 0.0952. The second-order valence-corrected chi connectivity index (χ2v) is 5.34. The Bertz CT molecular complexity index is 832. The number of nitrogens with one attached hydrogen (secondary N) is 2. The first-order valence-electron chi connectivity index (χ1n) is 7.15. The highest BCUT2D eigenvalue weighted by Gasteiger charge is 2.13. The minimum atomic E-state index is -0.262. The summed E-state index contributed by atoms with van der Waals surface area (Å²) in [6.07, 6.45) is 2.48. The van der Waals surface area contributed by atoms with Gasteiger partial charge in [0.15, 0.2) is 0 Å². The Morgan fingerprint density at radius 3 is 2.86 bits per heavy atom. The lowest BCUT2D eigenvalue weighted by Crippen LogP contribution is -2.25. The molecule has 2 aromatic heterocycles. The summed E-state index contributed by atoms with van der Waals surface area (Å²) < 4.78 is 18.7. The largest absolute Gasteiger partial charge is 0.466 e. The maximum Gasteiger partial charge on any atom is 0.254 e. The van der Waals surface area contributed by atoms with E-state index in [1.54, 1.807) is 19.1 Å². The van der Waals surface area contributed by atoms with Crippen LogP contribution in [0.3, 0.4) is 0 Å². The van der Waals surface area contributed by atoms with Crippen LogP contribution in [0, 0.1) is 19.7 Å². The minimum Gasteiger partial charge on any atom is -0.466 e. The molecule has 1 aromatic carbocycles. The number of fused-ring (bicyclic) bond motifs is 1. The predicted octanol–water partition coefficient (Wildman–Crippen LogP) is 3.49. The highest BCUT2D eigenvalue weighted by Crippen LogP contribution is 2.19. The summed E-state index contributed by atoms with van der Waals surface area (Å²) >= 11 is 0. The fourth-order valence-electron chi connectivity index (χ4n) is 2.62. The maximum absolute atomic E-state index is 13.3. The molecule has 1 amide bonds. The van der Waals surface area contributed by atoms with Crippen LogP contribution in [0.2, 0.25) is 0 Å². The molecule has 3 aromatic rings. The van der Waals surface area contributed by atoms with Gasteiger partial charge in [0.1, 0.15) is 17.3 Å². The molecule has 22 heavy (non-hydrogen) atoms. The van der Waals surface area contributed by atoms with Crippen molar-refractivity contribution in [1.82, 2.24) is 10.3 Å². The lowest BCUT2D eigenvalue weighted by atomic mass is 10.1. The van der Waals surface area contributed by atoms with Crippen molar-refractivity contribution < 1.29 is 13.6 Å². The number of aryl methyl sites for hydroxylation is 2. The molecule has 0 fully saturated rings. The standard InChI is InChI=1S/C17H17FN2O2/c1-10-7-14(11(2)22-10)17(21)19-6-5-12-9-20-16-4-3-13(18)8-15(12)16/h3-4,7-9,20H,5-6H2,1-2H3,(H,19,21). The second-order valence-electron chi connectivity index (χ2n) is 5.34. The average Bonchev–Trinajstić information content (AvgIpc) is 3.02. The van der Waals surface area contributed by atoms with Crippen molar-refractivity contribution in [3.63, 3.8) is 0 Å². The van der Waals surface area contributed by atoms with E-state index >= 15 is 0 Å². The minimum absolute atomic E-state index is 0.152. The van der Waals surface area contributed by atoms with E-state index in [1.807, 2.05) is 13.1 Å². The molecule has 0 saturated carbocycles. The number of hydrogen-bond donors (Lipinski definition) is 2.